The van der Waals surface area contributed by atoms with Crippen LogP contribution in [-0.2, 0) is 76.6 Å². The maximum absolute atomic E-state index is 15.0. The number of carbonyl (C=O) groups is 12. The highest BCUT2D eigenvalue weighted by Gasteiger charge is 2.44. The minimum atomic E-state index is -4.75. The molecule has 3 aliphatic rings. The molecule has 2 saturated heterocycles. The normalized spacial score (nSPS) is 24.2. The van der Waals surface area contributed by atoms with Crippen LogP contribution in [0.4, 0.5) is 13.2 Å². The highest BCUT2D eigenvalue weighted by atomic mass is 35.5. The third-order valence-corrected chi connectivity index (χ3v) is 19.4. The van der Waals surface area contributed by atoms with Crippen LogP contribution >= 0.6 is 11.6 Å². The number of hydrogen-bond acceptors (Lipinski definition) is 12. The Balaban J connectivity index is 1.52. The van der Waals surface area contributed by atoms with Gasteiger partial charge in [0.1, 0.15) is 42.3 Å². The standard InChI is InChI=1S/C69H102ClF3N12O12/c1-15-44(5)60-67(96)80(10)40-58(89)78(8)41-59(90)82(12)53(37-46-27-25-43(4)26-28-46)66(95)79(9)39-55(86)75-50(32-30-45-29-31-48(49(70)36-45)69(71,72)73)64(93)85-34-20-23-51(85)62(91)74-33-19-18-24-56(87)84(14)61(47-21-16-17-22-47)68(97)83(13)54(65(94)77(6)7)38-57(88)81(11)52(35-42(2)3)63(92)76-60/h25-29,31,36,42,44,47,50-54,60-61H,15-24,30,32-35,37-41H2,1-14H3,(H,74,91)(H,75,86)(H,76,92)/t44-,50-,51-,52-,53-,54-,60-,61-/m0/s1. The number of aryl methyl sites for hydroxylation is 2. The minimum Gasteiger partial charge on any atom is -0.354 e. The SMILES string of the molecule is CC[C@H](C)[C@@H]1NC(=O)[C@H](CC(C)C)N(C)C(=O)C[C@@H](C(=O)N(C)C)N(C)C(=O)[C@H](C2CCCC2)N(C)C(=O)CCCCNC(=O)[C@@H]2CCCN2C(=O)[C@H](CCc2ccc(C(F)(F)F)c(Cl)c2)NC(=O)CN(C)C(=O)[C@H](Cc2ccc(C)cc2)N(C)C(=O)CN(C)C(=O)CN(C)C1=O. The van der Waals surface area contributed by atoms with E-state index in [2.05, 4.69) is 16.0 Å². The molecule has 0 unspecified atom stereocenters. The van der Waals surface area contributed by atoms with Crippen molar-refractivity contribution in [2.45, 2.75) is 179 Å². The number of amides is 12. The number of fused-ring (bicyclic) bond motifs is 1. The topological polar surface area (TPSA) is 270 Å². The van der Waals surface area contributed by atoms with Gasteiger partial charge in [0.2, 0.25) is 70.9 Å². The number of nitrogens with zero attached hydrogens (tertiary/aromatic N) is 9. The van der Waals surface area contributed by atoms with Crippen LogP contribution < -0.4 is 16.0 Å². The number of halogens is 4. The summed E-state index contributed by atoms with van der Waals surface area (Å²) in [6, 6.07) is 1.89. The summed E-state index contributed by atoms with van der Waals surface area (Å²) in [7, 11) is 12.7. The maximum atomic E-state index is 15.0. The number of alkyl halides is 3. The summed E-state index contributed by atoms with van der Waals surface area (Å²) >= 11 is 6.09. The number of hydrogen-bond donors (Lipinski definition) is 3. The fraction of sp³-hybridized carbons (Fsp3) is 0.652. The molecule has 0 aromatic heterocycles. The van der Waals surface area contributed by atoms with Crippen LogP contribution in [0.3, 0.4) is 0 Å². The smallest absolute Gasteiger partial charge is 0.354 e. The minimum absolute atomic E-state index is 0.0347. The third-order valence-electron chi connectivity index (χ3n) is 19.1. The zero-order valence-corrected chi connectivity index (χ0v) is 59.6. The summed E-state index contributed by atoms with van der Waals surface area (Å²) < 4.78 is 41.2. The summed E-state index contributed by atoms with van der Waals surface area (Å²) in [5.41, 5.74) is 0.795. The van der Waals surface area contributed by atoms with Crippen LogP contribution in [0.2, 0.25) is 5.02 Å². The largest absolute Gasteiger partial charge is 0.417 e. The zero-order chi connectivity index (χ0) is 72.5. The van der Waals surface area contributed by atoms with Gasteiger partial charge in [-0.25, -0.2) is 0 Å². The Morgan fingerprint density at radius 1 is 0.649 bits per heavy atom. The summed E-state index contributed by atoms with van der Waals surface area (Å²) in [5, 5.41) is 7.87. The number of nitrogens with one attached hydrogen (secondary N) is 3. The summed E-state index contributed by atoms with van der Waals surface area (Å²) in [6.07, 6.45) is -1.05. The molecular weight excluding hydrogens is 1280 g/mol. The maximum Gasteiger partial charge on any atom is 0.417 e. The molecule has 2 aliphatic heterocycles. The molecule has 2 aromatic carbocycles. The Morgan fingerprint density at radius 3 is 1.86 bits per heavy atom. The molecule has 3 N–H and O–H groups in total. The third kappa shape index (κ3) is 21.8. The lowest BCUT2D eigenvalue weighted by Crippen LogP contribution is -2.59. The molecule has 5 rings (SSSR count). The molecule has 24 nitrogen and oxygen atoms in total. The molecule has 2 aromatic rings. The molecule has 2 heterocycles. The fourth-order valence-electron chi connectivity index (χ4n) is 12.7. The van der Waals surface area contributed by atoms with Gasteiger partial charge in [-0.3, -0.25) is 57.5 Å². The quantitative estimate of drug-likeness (QED) is 0.280. The van der Waals surface area contributed by atoms with E-state index in [1.807, 2.05) is 39.8 Å². The average molecular weight is 1380 g/mol. The van der Waals surface area contributed by atoms with Gasteiger partial charge in [-0.1, -0.05) is 94.5 Å². The van der Waals surface area contributed by atoms with E-state index in [-0.39, 0.29) is 75.8 Å². The second kappa shape index (κ2) is 36.1. The lowest BCUT2D eigenvalue weighted by atomic mass is 9.94. The lowest BCUT2D eigenvalue weighted by Gasteiger charge is -2.38. The molecule has 0 radical (unpaired) electrons. The van der Waals surface area contributed by atoms with E-state index in [9.17, 15) is 70.7 Å². The van der Waals surface area contributed by atoms with E-state index >= 15 is 0 Å². The molecule has 28 heteroatoms. The Hall–Kier alpha value is -7.84. The van der Waals surface area contributed by atoms with Gasteiger partial charge in [0.15, 0.2) is 0 Å². The van der Waals surface area contributed by atoms with E-state index in [0.717, 1.165) is 50.1 Å². The van der Waals surface area contributed by atoms with Gasteiger partial charge in [0, 0.05) is 89.4 Å². The number of likely N-dealkylation sites (N-methyl/N-ethyl adjacent to an activating group) is 8. The molecular formula is C69H102ClF3N12O12. The Bertz CT molecular complexity index is 3150. The van der Waals surface area contributed by atoms with E-state index < -0.39 is 156 Å². The Labute approximate surface area is 573 Å². The van der Waals surface area contributed by atoms with Crippen molar-refractivity contribution < 1.29 is 70.7 Å². The van der Waals surface area contributed by atoms with E-state index in [4.69, 9.17) is 11.6 Å². The first-order valence-corrected chi connectivity index (χ1v) is 33.9. The molecule has 97 heavy (non-hydrogen) atoms. The van der Waals surface area contributed by atoms with Crippen molar-refractivity contribution in [3.05, 3.63) is 69.7 Å². The van der Waals surface area contributed by atoms with Crippen molar-refractivity contribution in [3.8, 4) is 0 Å². The first-order valence-electron chi connectivity index (χ1n) is 33.6. The summed E-state index contributed by atoms with van der Waals surface area (Å²) in [6.45, 7) is 7.53. The van der Waals surface area contributed by atoms with Crippen LogP contribution in [-0.4, -0.2) is 253 Å². The molecule has 1 aliphatic carbocycles. The lowest BCUT2D eigenvalue weighted by molar-refractivity contribution is -0.153. The van der Waals surface area contributed by atoms with Crippen LogP contribution in [0, 0.1) is 24.7 Å². The Morgan fingerprint density at radius 2 is 1.26 bits per heavy atom. The highest BCUT2D eigenvalue weighted by molar-refractivity contribution is 6.31. The van der Waals surface area contributed by atoms with Gasteiger partial charge in [0.25, 0.3) is 0 Å². The average Bonchev–Trinajstić information content (AvgIpc) is 1.76. The summed E-state index contributed by atoms with van der Waals surface area (Å²) in [4.78, 5) is 184. The predicted octanol–water partition coefficient (Wildman–Crippen LogP) is 4.55. The van der Waals surface area contributed by atoms with E-state index in [1.54, 1.807) is 19.1 Å². The van der Waals surface area contributed by atoms with Gasteiger partial charge in [-0.2, -0.15) is 13.2 Å². The molecule has 0 spiro atoms. The molecule has 12 amide bonds. The van der Waals surface area contributed by atoms with Crippen molar-refractivity contribution in [2.24, 2.45) is 17.8 Å². The van der Waals surface area contributed by atoms with Gasteiger partial charge >= 0.3 is 6.18 Å². The van der Waals surface area contributed by atoms with Crippen molar-refractivity contribution >= 4 is 82.5 Å². The van der Waals surface area contributed by atoms with Crippen molar-refractivity contribution in [1.82, 2.24) is 60.0 Å². The van der Waals surface area contributed by atoms with E-state index in [0.29, 0.717) is 43.2 Å². The van der Waals surface area contributed by atoms with Crippen molar-refractivity contribution in [3.63, 3.8) is 0 Å². The molecule has 0 bridgehead atoms. The molecule has 3 fully saturated rings. The van der Waals surface area contributed by atoms with Crippen LogP contribution in [0.25, 0.3) is 0 Å². The second-order valence-corrected chi connectivity index (χ2v) is 27.6. The first-order chi connectivity index (χ1) is 45.5. The van der Waals surface area contributed by atoms with Gasteiger partial charge in [-0.05, 0) is 106 Å². The van der Waals surface area contributed by atoms with Crippen LogP contribution in [0.1, 0.15) is 133 Å². The summed E-state index contributed by atoms with van der Waals surface area (Å²) in [5.74, 6) is -8.57. The highest BCUT2D eigenvalue weighted by Crippen LogP contribution is 2.36. The van der Waals surface area contributed by atoms with E-state index in [1.165, 1.54) is 94.0 Å². The van der Waals surface area contributed by atoms with Crippen molar-refractivity contribution in [2.75, 3.05) is 96.2 Å². The number of carbonyl (C=O) groups excluding carboxylic acids is 12. The van der Waals surface area contributed by atoms with Gasteiger partial charge in [-0.15, -0.1) is 0 Å². The Kier molecular flexibility index (Phi) is 29.7. The number of benzene rings is 2. The zero-order valence-electron chi connectivity index (χ0n) is 58.9. The van der Waals surface area contributed by atoms with Crippen LogP contribution in [0.15, 0.2) is 42.5 Å². The van der Waals surface area contributed by atoms with Gasteiger partial charge in [0.05, 0.1) is 36.6 Å². The van der Waals surface area contributed by atoms with Crippen molar-refractivity contribution in [1.29, 1.82) is 0 Å². The fourth-order valence-corrected chi connectivity index (χ4v) is 13.0. The molecule has 1 saturated carbocycles. The first kappa shape index (κ1) is 79.8. The monoisotopic (exact) mass is 1380 g/mol. The van der Waals surface area contributed by atoms with Gasteiger partial charge < -0.3 is 60.0 Å². The van der Waals surface area contributed by atoms with Crippen LogP contribution in [0.5, 0.6) is 0 Å². The molecule has 8 atom stereocenters. The second-order valence-electron chi connectivity index (χ2n) is 27.2. The predicted molar refractivity (Wildman–Crippen MR) is 358 cm³/mol. The number of rotatable bonds is 11. The molecule has 538 valence electrons.